The monoisotopic (exact) mass is 275 g/mol. The van der Waals surface area contributed by atoms with Crippen LogP contribution in [-0.2, 0) is 0 Å². The average Bonchev–Trinajstić information content (AvgIpc) is 2.37. The van der Waals surface area contributed by atoms with Gasteiger partial charge >= 0.3 is 5.97 Å². The molecule has 98 valence electrons. The summed E-state index contributed by atoms with van der Waals surface area (Å²) in [5.41, 5.74) is 3.91. The lowest BCUT2D eigenvalue weighted by Crippen LogP contribution is -2.00. The van der Waals surface area contributed by atoms with E-state index in [1.54, 1.807) is 18.2 Å². The Balaban J connectivity index is 2.34. The van der Waals surface area contributed by atoms with Gasteiger partial charge in [0.2, 0.25) is 0 Å². The van der Waals surface area contributed by atoms with E-state index in [0.29, 0.717) is 5.02 Å². The molecule has 0 bridgehead atoms. The van der Waals surface area contributed by atoms with Crippen LogP contribution < -0.4 is 5.32 Å². The molecule has 4 heteroatoms. The van der Waals surface area contributed by atoms with Crippen molar-refractivity contribution in [1.29, 1.82) is 0 Å². The second-order valence-electron chi connectivity index (χ2n) is 4.37. The summed E-state index contributed by atoms with van der Waals surface area (Å²) in [4.78, 5) is 10.9. The first-order valence-electron chi connectivity index (χ1n) is 5.85. The zero-order valence-corrected chi connectivity index (χ0v) is 11.5. The normalized spacial score (nSPS) is 10.3. The fraction of sp³-hybridized carbons (Fsp3) is 0.133. The third kappa shape index (κ3) is 2.88. The lowest BCUT2D eigenvalue weighted by Gasteiger charge is -2.13. The van der Waals surface area contributed by atoms with Crippen molar-refractivity contribution in [3.05, 3.63) is 58.1 Å². The van der Waals surface area contributed by atoms with Gasteiger partial charge in [0.25, 0.3) is 0 Å². The summed E-state index contributed by atoms with van der Waals surface area (Å²) in [6, 6.07) is 10.6. The first-order chi connectivity index (χ1) is 8.99. The Morgan fingerprint density at radius 2 is 1.89 bits per heavy atom. The molecule has 0 saturated heterocycles. The highest BCUT2D eigenvalue weighted by molar-refractivity contribution is 6.31. The Hall–Kier alpha value is -2.00. The Morgan fingerprint density at radius 3 is 2.53 bits per heavy atom. The largest absolute Gasteiger partial charge is 0.478 e. The summed E-state index contributed by atoms with van der Waals surface area (Å²) in [6.07, 6.45) is 0. The van der Waals surface area contributed by atoms with E-state index in [4.69, 9.17) is 16.7 Å². The van der Waals surface area contributed by atoms with Gasteiger partial charge in [-0.1, -0.05) is 17.7 Å². The highest BCUT2D eigenvalue weighted by Gasteiger charge is 2.07. The molecule has 3 nitrogen and oxygen atoms in total. The second kappa shape index (κ2) is 5.33. The van der Waals surface area contributed by atoms with Crippen LogP contribution in [0.3, 0.4) is 0 Å². The number of aromatic carboxylic acids is 1. The maximum atomic E-state index is 10.9. The summed E-state index contributed by atoms with van der Waals surface area (Å²) >= 11 is 6.07. The van der Waals surface area contributed by atoms with E-state index >= 15 is 0 Å². The van der Waals surface area contributed by atoms with Gasteiger partial charge in [0.1, 0.15) is 0 Å². The number of benzene rings is 2. The number of aryl methyl sites for hydroxylation is 1. The zero-order valence-electron chi connectivity index (χ0n) is 10.7. The Labute approximate surface area is 116 Å². The molecular weight excluding hydrogens is 262 g/mol. The number of carboxylic acids is 1. The predicted molar refractivity (Wildman–Crippen MR) is 77.6 cm³/mol. The van der Waals surface area contributed by atoms with Crippen LogP contribution in [0.15, 0.2) is 36.4 Å². The van der Waals surface area contributed by atoms with Crippen molar-refractivity contribution in [3.8, 4) is 0 Å². The van der Waals surface area contributed by atoms with Crippen LogP contribution in [0.4, 0.5) is 11.4 Å². The lowest BCUT2D eigenvalue weighted by atomic mass is 10.1. The van der Waals surface area contributed by atoms with Gasteiger partial charge in [-0.25, -0.2) is 4.79 Å². The molecule has 2 aromatic rings. The molecule has 0 aliphatic heterocycles. The van der Waals surface area contributed by atoms with Crippen molar-refractivity contribution in [2.24, 2.45) is 0 Å². The van der Waals surface area contributed by atoms with E-state index in [1.165, 1.54) is 0 Å². The molecule has 0 aliphatic rings. The van der Waals surface area contributed by atoms with Crippen molar-refractivity contribution in [1.82, 2.24) is 0 Å². The van der Waals surface area contributed by atoms with E-state index < -0.39 is 5.97 Å². The van der Waals surface area contributed by atoms with Gasteiger partial charge in [-0.3, -0.25) is 0 Å². The minimum atomic E-state index is -0.923. The highest BCUT2D eigenvalue weighted by Crippen LogP contribution is 2.27. The van der Waals surface area contributed by atoms with Crippen LogP contribution in [0.25, 0.3) is 0 Å². The third-order valence-electron chi connectivity index (χ3n) is 3.01. The highest BCUT2D eigenvalue weighted by atomic mass is 35.5. The second-order valence-corrected chi connectivity index (χ2v) is 4.78. The van der Waals surface area contributed by atoms with Crippen LogP contribution in [0, 0.1) is 13.8 Å². The smallest absolute Gasteiger partial charge is 0.335 e. The molecule has 2 rings (SSSR count). The van der Waals surface area contributed by atoms with Crippen molar-refractivity contribution in [2.75, 3.05) is 5.32 Å². The molecule has 0 spiro atoms. The van der Waals surface area contributed by atoms with Crippen LogP contribution in [0.1, 0.15) is 21.5 Å². The first-order valence-corrected chi connectivity index (χ1v) is 6.23. The van der Waals surface area contributed by atoms with Gasteiger partial charge in [0, 0.05) is 16.4 Å². The van der Waals surface area contributed by atoms with E-state index in [9.17, 15) is 4.79 Å². The predicted octanol–water partition coefficient (Wildman–Crippen LogP) is 4.40. The van der Waals surface area contributed by atoms with Crippen LogP contribution in [0.5, 0.6) is 0 Å². The van der Waals surface area contributed by atoms with Gasteiger partial charge < -0.3 is 10.4 Å². The molecule has 0 radical (unpaired) electrons. The molecule has 0 atom stereocenters. The van der Waals surface area contributed by atoms with Crippen LogP contribution in [-0.4, -0.2) is 11.1 Å². The van der Waals surface area contributed by atoms with Crippen LogP contribution in [0.2, 0.25) is 5.02 Å². The Bertz CT molecular complexity index is 638. The fourth-order valence-corrected chi connectivity index (χ4v) is 2.00. The third-order valence-corrected chi connectivity index (χ3v) is 3.42. The molecule has 0 heterocycles. The van der Waals surface area contributed by atoms with Gasteiger partial charge in [0.05, 0.1) is 5.56 Å². The molecule has 0 fully saturated rings. The van der Waals surface area contributed by atoms with Gasteiger partial charge in [-0.2, -0.15) is 0 Å². The quantitative estimate of drug-likeness (QED) is 0.873. The number of carbonyl (C=O) groups is 1. The molecule has 0 aliphatic carbocycles. The summed E-state index contributed by atoms with van der Waals surface area (Å²) < 4.78 is 0. The standard InChI is InChI=1S/C15H14ClNO2/c1-9-8-11(15(18)19)6-7-13(9)17-14-5-3-4-12(16)10(14)2/h3-8,17H,1-2H3,(H,18,19). The van der Waals surface area contributed by atoms with Crippen molar-refractivity contribution in [3.63, 3.8) is 0 Å². The van der Waals surface area contributed by atoms with Crippen molar-refractivity contribution < 1.29 is 9.90 Å². The summed E-state index contributed by atoms with van der Waals surface area (Å²) in [5, 5.41) is 12.9. The Morgan fingerprint density at radius 1 is 1.16 bits per heavy atom. The molecular formula is C15H14ClNO2. The van der Waals surface area contributed by atoms with Gasteiger partial charge in [-0.15, -0.1) is 0 Å². The summed E-state index contributed by atoms with van der Waals surface area (Å²) in [5.74, 6) is -0.923. The SMILES string of the molecule is Cc1cc(C(=O)O)ccc1Nc1cccc(Cl)c1C. The van der Waals surface area contributed by atoms with Crippen molar-refractivity contribution in [2.45, 2.75) is 13.8 Å². The maximum absolute atomic E-state index is 10.9. The number of hydrogen-bond donors (Lipinski definition) is 2. The molecule has 2 aromatic carbocycles. The topological polar surface area (TPSA) is 49.3 Å². The number of hydrogen-bond acceptors (Lipinski definition) is 2. The number of nitrogens with one attached hydrogen (secondary N) is 1. The molecule has 2 N–H and O–H groups in total. The number of carboxylic acid groups (broad SMARTS) is 1. The number of halogens is 1. The lowest BCUT2D eigenvalue weighted by molar-refractivity contribution is 0.0697. The minimum Gasteiger partial charge on any atom is -0.478 e. The van der Waals surface area contributed by atoms with Gasteiger partial charge in [-0.05, 0) is 55.3 Å². The van der Waals surface area contributed by atoms with E-state index in [-0.39, 0.29) is 5.56 Å². The molecule has 0 aromatic heterocycles. The van der Waals surface area contributed by atoms with E-state index in [2.05, 4.69) is 5.32 Å². The Kier molecular flexibility index (Phi) is 3.76. The molecule has 19 heavy (non-hydrogen) atoms. The molecule has 0 amide bonds. The number of anilines is 2. The minimum absolute atomic E-state index is 0.283. The van der Waals surface area contributed by atoms with Crippen molar-refractivity contribution >= 4 is 28.9 Å². The molecule has 0 unspecified atom stereocenters. The maximum Gasteiger partial charge on any atom is 0.335 e. The van der Waals surface area contributed by atoms with Gasteiger partial charge in [0.15, 0.2) is 0 Å². The van der Waals surface area contributed by atoms with E-state index in [0.717, 1.165) is 22.5 Å². The zero-order chi connectivity index (χ0) is 14.0. The summed E-state index contributed by atoms with van der Waals surface area (Å²) in [7, 11) is 0. The average molecular weight is 276 g/mol. The molecule has 0 saturated carbocycles. The first kappa shape index (κ1) is 13.4. The fourth-order valence-electron chi connectivity index (χ4n) is 1.82. The van der Waals surface area contributed by atoms with Crippen LogP contribution >= 0.6 is 11.6 Å². The van der Waals surface area contributed by atoms with E-state index in [1.807, 2.05) is 32.0 Å². The summed E-state index contributed by atoms with van der Waals surface area (Å²) in [6.45, 7) is 3.81. The number of rotatable bonds is 3.